The molecule has 1 aromatic carbocycles. The van der Waals surface area contributed by atoms with E-state index in [9.17, 15) is 4.79 Å². The highest BCUT2D eigenvalue weighted by Crippen LogP contribution is 2.11. The van der Waals surface area contributed by atoms with Gasteiger partial charge >= 0.3 is 0 Å². The van der Waals surface area contributed by atoms with Crippen molar-refractivity contribution in [1.29, 1.82) is 0 Å². The first-order valence-electron chi connectivity index (χ1n) is 8.21. The Morgan fingerprint density at radius 1 is 1.24 bits per heavy atom. The number of rotatable bonds is 7. The SMILES string of the molecule is CN=C(NCCNC(=O)c1ccc(OC)cc1)NCC1CCCO1.I. The second kappa shape index (κ2) is 11.9. The van der Waals surface area contributed by atoms with E-state index in [-0.39, 0.29) is 36.0 Å². The summed E-state index contributed by atoms with van der Waals surface area (Å²) in [6, 6.07) is 7.02. The smallest absolute Gasteiger partial charge is 0.251 e. The highest BCUT2D eigenvalue weighted by atomic mass is 127. The number of ether oxygens (including phenoxy) is 2. The third-order valence-electron chi connectivity index (χ3n) is 3.80. The number of aliphatic imine (C=N–C) groups is 1. The van der Waals surface area contributed by atoms with E-state index in [2.05, 4.69) is 20.9 Å². The molecule has 0 aromatic heterocycles. The van der Waals surface area contributed by atoms with Crippen LogP contribution in [0.3, 0.4) is 0 Å². The summed E-state index contributed by atoms with van der Waals surface area (Å²) < 4.78 is 10.6. The Labute approximate surface area is 166 Å². The minimum Gasteiger partial charge on any atom is -0.497 e. The molecule has 1 fully saturated rings. The first kappa shape index (κ1) is 21.5. The zero-order chi connectivity index (χ0) is 17.2. The Kier molecular flexibility index (Phi) is 10.2. The van der Waals surface area contributed by atoms with Crippen LogP contribution in [0.5, 0.6) is 5.75 Å². The lowest BCUT2D eigenvalue weighted by Gasteiger charge is -2.15. The van der Waals surface area contributed by atoms with Crippen molar-refractivity contribution in [3.63, 3.8) is 0 Å². The van der Waals surface area contributed by atoms with Gasteiger partial charge in [-0.2, -0.15) is 0 Å². The molecule has 0 spiro atoms. The lowest BCUT2D eigenvalue weighted by molar-refractivity contribution is 0.0954. The first-order chi connectivity index (χ1) is 11.7. The van der Waals surface area contributed by atoms with Crippen LogP contribution in [-0.4, -0.2) is 58.4 Å². The molecule has 0 saturated carbocycles. The topological polar surface area (TPSA) is 84.0 Å². The Balaban J connectivity index is 0.00000312. The molecule has 140 valence electrons. The van der Waals surface area contributed by atoms with Crippen molar-refractivity contribution in [3.05, 3.63) is 29.8 Å². The molecule has 1 saturated heterocycles. The number of nitrogens with zero attached hydrogens (tertiary/aromatic N) is 1. The van der Waals surface area contributed by atoms with Gasteiger partial charge in [0.15, 0.2) is 5.96 Å². The Morgan fingerprint density at radius 2 is 1.96 bits per heavy atom. The third kappa shape index (κ3) is 7.47. The minimum atomic E-state index is -0.109. The standard InChI is InChI=1S/C17H26N4O3.HI/c1-18-17(21-12-15-4-3-11-24-15)20-10-9-19-16(22)13-5-7-14(23-2)8-6-13;/h5-8,15H,3-4,9-12H2,1-2H3,(H,19,22)(H2,18,20,21);1H. The fraction of sp³-hybridized carbons (Fsp3) is 0.529. The van der Waals surface area contributed by atoms with Gasteiger partial charge in [-0.1, -0.05) is 0 Å². The fourth-order valence-corrected chi connectivity index (χ4v) is 2.44. The molecule has 25 heavy (non-hydrogen) atoms. The van der Waals surface area contributed by atoms with Gasteiger partial charge in [0.25, 0.3) is 5.91 Å². The summed E-state index contributed by atoms with van der Waals surface area (Å²) in [5, 5.41) is 9.26. The number of carbonyl (C=O) groups is 1. The number of hydrogen-bond acceptors (Lipinski definition) is 4. The van der Waals surface area contributed by atoms with Gasteiger partial charge in [-0.15, -0.1) is 24.0 Å². The first-order valence-corrected chi connectivity index (χ1v) is 8.21. The summed E-state index contributed by atoms with van der Waals surface area (Å²) in [5.41, 5.74) is 0.608. The number of amides is 1. The monoisotopic (exact) mass is 462 g/mol. The summed E-state index contributed by atoms with van der Waals surface area (Å²) in [6.07, 6.45) is 2.47. The molecule has 0 aliphatic carbocycles. The third-order valence-corrected chi connectivity index (χ3v) is 3.80. The van der Waals surface area contributed by atoms with Crippen molar-refractivity contribution in [3.8, 4) is 5.75 Å². The van der Waals surface area contributed by atoms with Crippen molar-refractivity contribution in [2.24, 2.45) is 4.99 Å². The molecule has 0 radical (unpaired) electrons. The van der Waals surface area contributed by atoms with Crippen LogP contribution in [0.2, 0.25) is 0 Å². The molecule has 1 heterocycles. The lowest BCUT2D eigenvalue weighted by Crippen LogP contribution is -2.43. The van der Waals surface area contributed by atoms with Crippen LogP contribution in [0.1, 0.15) is 23.2 Å². The molecular weight excluding hydrogens is 435 g/mol. The quantitative estimate of drug-likeness (QED) is 0.247. The summed E-state index contributed by atoms with van der Waals surface area (Å²) in [7, 11) is 3.32. The summed E-state index contributed by atoms with van der Waals surface area (Å²) in [6.45, 7) is 2.69. The van der Waals surface area contributed by atoms with Gasteiger partial charge in [0.05, 0.1) is 13.2 Å². The van der Waals surface area contributed by atoms with Crippen LogP contribution < -0.4 is 20.7 Å². The second-order valence-electron chi connectivity index (χ2n) is 5.50. The summed E-state index contributed by atoms with van der Waals surface area (Å²) in [5.74, 6) is 1.33. The molecule has 8 heteroatoms. The van der Waals surface area contributed by atoms with Gasteiger partial charge in [-0.25, -0.2) is 0 Å². The van der Waals surface area contributed by atoms with Gasteiger partial charge in [0, 0.05) is 38.9 Å². The van der Waals surface area contributed by atoms with Gasteiger partial charge in [-0.3, -0.25) is 9.79 Å². The Morgan fingerprint density at radius 3 is 2.56 bits per heavy atom. The predicted molar refractivity (Wildman–Crippen MR) is 109 cm³/mol. The van der Waals surface area contributed by atoms with E-state index in [4.69, 9.17) is 9.47 Å². The number of nitrogens with one attached hydrogen (secondary N) is 3. The molecular formula is C17H27IN4O3. The zero-order valence-electron chi connectivity index (χ0n) is 14.7. The molecule has 1 aliphatic rings. The predicted octanol–water partition coefficient (Wildman–Crippen LogP) is 1.39. The largest absolute Gasteiger partial charge is 0.497 e. The minimum absolute atomic E-state index is 0. The molecule has 1 amide bonds. The average molecular weight is 462 g/mol. The van der Waals surface area contributed by atoms with Crippen LogP contribution in [0.4, 0.5) is 0 Å². The number of halogens is 1. The highest BCUT2D eigenvalue weighted by molar-refractivity contribution is 14.0. The Bertz CT molecular complexity index is 545. The van der Waals surface area contributed by atoms with Gasteiger partial charge < -0.3 is 25.4 Å². The molecule has 1 aliphatic heterocycles. The van der Waals surface area contributed by atoms with Crippen LogP contribution >= 0.6 is 24.0 Å². The van der Waals surface area contributed by atoms with Gasteiger partial charge in [-0.05, 0) is 37.1 Å². The van der Waals surface area contributed by atoms with Gasteiger partial charge in [0.2, 0.25) is 0 Å². The highest BCUT2D eigenvalue weighted by Gasteiger charge is 2.15. The molecule has 1 atom stereocenters. The number of benzene rings is 1. The molecule has 0 bridgehead atoms. The summed E-state index contributed by atoms with van der Waals surface area (Å²) >= 11 is 0. The van der Waals surface area contributed by atoms with E-state index in [0.717, 1.165) is 31.7 Å². The van der Waals surface area contributed by atoms with Crippen molar-refractivity contribution >= 4 is 35.8 Å². The second-order valence-corrected chi connectivity index (χ2v) is 5.50. The van der Waals surface area contributed by atoms with Gasteiger partial charge in [0.1, 0.15) is 5.75 Å². The van der Waals surface area contributed by atoms with Crippen LogP contribution in [0, 0.1) is 0 Å². The van der Waals surface area contributed by atoms with E-state index >= 15 is 0 Å². The van der Waals surface area contributed by atoms with E-state index in [1.807, 2.05) is 0 Å². The number of methoxy groups -OCH3 is 1. The van der Waals surface area contributed by atoms with E-state index in [0.29, 0.717) is 24.6 Å². The molecule has 2 rings (SSSR count). The van der Waals surface area contributed by atoms with Crippen LogP contribution in [0.15, 0.2) is 29.3 Å². The number of guanidine groups is 1. The average Bonchev–Trinajstić information content (AvgIpc) is 3.14. The Hall–Kier alpha value is -1.55. The van der Waals surface area contributed by atoms with Crippen molar-refractivity contribution < 1.29 is 14.3 Å². The fourth-order valence-electron chi connectivity index (χ4n) is 2.44. The van der Waals surface area contributed by atoms with Crippen LogP contribution in [-0.2, 0) is 4.74 Å². The number of carbonyl (C=O) groups excluding carboxylic acids is 1. The van der Waals surface area contributed by atoms with Crippen LogP contribution in [0.25, 0.3) is 0 Å². The van der Waals surface area contributed by atoms with Crippen molar-refractivity contribution in [1.82, 2.24) is 16.0 Å². The van der Waals surface area contributed by atoms with E-state index in [1.165, 1.54) is 0 Å². The molecule has 1 aromatic rings. The summed E-state index contributed by atoms with van der Waals surface area (Å²) in [4.78, 5) is 16.2. The number of hydrogen-bond donors (Lipinski definition) is 3. The molecule has 1 unspecified atom stereocenters. The zero-order valence-corrected chi connectivity index (χ0v) is 17.0. The maximum absolute atomic E-state index is 12.0. The normalized spacial score (nSPS) is 16.7. The maximum Gasteiger partial charge on any atom is 0.251 e. The lowest BCUT2D eigenvalue weighted by atomic mass is 10.2. The molecule has 7 nitrogen and oxygen atoms in total. The van der Waals surface area contributed by atoms with E-state index in [1.54, 1.807) is 38.4 Å². The maximum atomic E-state index is 12.0. The molecule has 3 N–H and O–H groups in total. The van der Waals surface area contributed by atoms with Crippen molar-refractivity contribution in [2.45, 2.75) is 18.9 Å². The van der Waals surface area contributed by atoms with E-state index < -0.39 is 0 Å². The van der Waals surface area contributed by atoms with Crippen molar-refractivity contribution in [2.75, 3.05) is 40.4 Å².